The molecule has 1 aromatic rings. The number of rotatable bonds is 2. The standard InChI is InChI=1S/C11H15N3OS/c1-11(4-7-16-8-5-11)13-10(15)9-3-2-6-12-14-9/h2-3,6H,4-5,7-8H2,1H3,(H,13,15). The van der Waals surface area contributed by atoms with Crippen LogP contribution in [0.5, 0.6) is 0 Å². The van der Waals surface area contributed by atoms with Gasteiger partial charge in [-0.15, -0.1) is 5.10 Å². The molecule has 1 amide bonds. The van der Waals surface area contributed by atoms with Crippen molar-refractivity contribution in [3.63, 3.8) is 0 Å². The van der Waals surface area contributed by atoms with Gasteiger partial charge >= 0.3 is 0 Å². The SMILES string of the molecule is CC1(NC(=O)c2cccnn2)CCSCC1. The molecule has 0 saturated carbocycles. The van der Waals surface area contributed by atoms with Crippen LogP contribution in [0, 0.1) is 0 Å². The van der Waals surface area contributed by atoms with E-state index < -0.39 is 0 Å². The van der Waals surface area contributed by atoms with Gasteiger partial charge in [-0.05, 0) is 43.4 Å². The first kappa shape index (κ1) is 11.4. The maximum Gasteiger partial charge on any atom is 0.272 e. The average Bonchev–Trinajstić information content (AvgIpc) is 2.30. The zero-order chi connectivity index (χ0) is 11.4. The fourth-order valence-corrected chi connectivity index (χ4v) is 3.10. The first-order chi connectivity index (χ1) is 7.70. The molecule has 0 aliphatic carbocycles. The molecule has 86 valence electrons. The zero-order valence-corrected chi connectivity index (χ0v) is 10.1. The smallest absolute Gasteiger partial charge is 0.272 e. The summed E-state index contributed by atoms with van der Waals surface area (Å²) in [5, 5.41) is 10.6. The Kier molecular flexibility index (Phi) is 3.43. The number of hydrogen-bond donors (Lipinski definition) is 1. The Labute approximate surface area is 99.2 Å². The zero-order valence-electron chi connectivity index (χ0n) is 9.27. The highest BCUT2D eigenvalue weighted by Gasteiger charge is 2.29. The van der Waals surface area contributed by atoms with Crippen LogP contribution < -0.4 is 5.32 Å². The van der Waals surface area contributed by atoms with Gasteiger partial charge in [0.25, 0.3) is 5.91 Å². The lowest BCUT2D eigenvalue weighted by Crippen LogP contribution is -2.48. The number of nitrogens with one attached hydrogen (secondary N) is 1. The summed E-state index contributed by atoms with van der Waals surface area (Å²) in [5.41, 5.74) is 0.307. The largest absolute Gasteiger partial charge is 0.345 e. The van der Waals surface area contributed by atoms with Gasteiger partial charge in [0, 0.05) is 11.7 Å². The van der Waals surface area contributed by atoms with E-state index in [1.807, 2.05) is 11.8 Å². The van der Waals surface area contributed by atoms with Crippen LogP contribution in [0.1, 0.15) is 30.3 Å². The van der Waals surface area contributed by atoms with Gasteiger partial charge in [0.1, 0.15) is 0 Å². The Morgan fingerprint density at radius 1 is 1.50 bits per heavy atom. The first-order valence-electron chi connectivity index (χ1n) is 5.38. The van der Waals surface area contributed by atoms with Gasteiger partial charge in [0.15, 0.2) is 5.69 Å². The monoisotopic (exact) mass is 237 g/mol. The third-order valence-corrected chi connectivity index (χ3v) is 3.80. The van der Waals surface area contributed by atoms with Gasteiger partial charge in [0.05, 0.1) is 0 Å². The minimum Gasteiger partial charge on any atom is -0.345 e. The average molecular weight is 237 g/mol. The summed E-state index contributed by atoms with van der Waals surface area (Å²) in [6.45, 7) is 2.10. The minimum atomic E-state index is -0.123. The second kappa shape index (κ2) is 4.82. The van der Waals surface area contributed by atoms with Crippen LogP contribution in [0.15, 0.2) is 18.3 Å². The minimum absolute atomic E-state index is 0.0835. The highest BCUT2D eigenvalue weighted by molar-refractivity contribution is 7.99. The maximum absolute atomic E-state index is 11.9. The van der Waals surface area contributed by atoms with Gasteiger partial charge < -0.3 is 5.32 Å². The van der Waals surface area contributed by atoms with E-state index in [-0.39, 0.29) is 11.4 Å². The van der Waals surface area contributed by atoms with Gasteiger partial charge in [-0.2, -0.15) is 16.9 Å². The molecule has 0 atom stereocenters. The summed E-state index contributed by atoms with van der Waals surface area (Å²) in [7, 11) is 0. The molecule has 1 N–H and O–H groups in total. The summed E-state index contributed by atoms with van der Waals surface area (Å²) in [5.74, 6) is 2.09. The molecule has 2 heterocycles. The normalized spacial score (nSPS) is 19.1. The van der Waals surface area contributed by atoms with E-state index in [0.717, 1.165) is 24.3 Å². The molecule has 2 rings (SSSR count). The van der Waals surface area contributed by atoms with Gasteiger partial charge in [0.2, 0.25) is 0 Å². The molecule has 1 aliphatic heterocycles. The van der Waals surface area contributed by atoms with E-state index in [2.05, 4.69) is 22.4 Å². The van der Waals surface area contributed by atoms with E-state index in [4.69, 9.17) is 0 Å². The van der Waals surface area contributed by atoms with E-state index in [0.29, 0.717) is 5.69 Å². The molecule has 0 unspecified atom stereocenters. The van der Waals surface area contributed by atoms with Crippen LogP contribution in [0.3, 0.4) is 0 Å². The highest BCUT2D eigenvalue weighted by Crippen LogP contribution is 2.26. The van der Waals surface area contributed by atoms with Crippen LogP contribution >= 0.6 is 11.8 Å². The molecular formula is C11H15N3OS. The number of aromatic nitrogens is 2. The topological polar surface area (TPSA) is 54.9 Å². The van der Waals surface area contributed by atoms with Crippen molar-refractivity contribution in [2.45, 2.75) is 25.3 Å². The quantitative estimate of drug-likeness (QED) is 0.846. The van der Waals surface area contributed by atoms with Crippen molar-refractivity contribution in [3.8, 4) is 0 Å². The van der Waals surface area contributed by atoms with Crippen molar-refractivity contribution < 1.29 is 4.79 Å². The molecule has 1 saturated heterocycles. The van der Waals surface area contributed by atoms with Gasteiger partial charge in [-0.3, -0.25) is 4.79 Å². The van der Waals surface area contributed by atoms with E-state index in [9.17, 15) is 4.79 Å². The molecule has 0 radical (unpaired) electrons. The number of carbonyl (C=O) groups is 1. The van der Waals surface area contributed by atoms with E-state index in [1.165, 1.54) is 0 Å². The van der Waals surface area contributed by atoms with Crippen molar-refractivity contribution in [2.24, 2.45) is 0 Å². The lowest BCUT2D eigenvalue weighted by molar-refractivity contribution is 0.0894. The summed E-state index contributed by atoms with van der Waals surface area (Å²) in [6, 6.07) is 3.41. The molecule has 0 aromatic carbocycles. The summed E-state index contributed by atoms with van der Waals surface area (Å²) < 4.78 is 0. The number of amides is 1. The second-order valence-electron chi connectivity index (χ2n) is 4.24. The first-order valence-corrected chi connectivity index (χ1v) is 6.53. The van der Waals surface area contributed by atoms with Crippen LogP contribution in [0.2, 0.25) is 0 Å². The van der Waals surface area contributed by atoms with Gasteiger partial charge in [-0.1, -0.05) is 0 Å². The Morgan fingerprint density at radius 3 is 2.88 bits per heavy atom. The Balaban J connectivity index is 2.01. The molecule has 16 heavy (non-hydrogen) atoms. The lowest BCUT2D eigenvalue weighted by Gasteiger charge is -2.34. The predicted octanol–water partition coefficient (Wildman–Crippen LogP) is 1.49. The summed E-state index contributed by atoms with van der Waals surface area (Å²) in [4.78, 5) is 11.9. The summed E-state index contributed by atoms with van der Waals surface area (Å²) in [6.07, 6.45) is 3.60. The van der Waals surface area contributed by atoms with Crippen molar-refractivity contribution in [1.29, 1.82) is 0 Å². The maximum atomic E-state index is 11.9. The van der Waals surface area contributed by atoms with Crippen molar-refractivity contribution in [2.75, 3.05) is 11.5 Å². The molecular weight excluding hydrogens is 222 g/mol. The third-order valence-electron chi connectivity index (χ3n) is 2.82. The summed E-state index contributed by atoms with van der Waals surface area (Å²) >= 11 is 1.94. The molecule has 1 aliphatic rings. The third kappa shape index (κ3) is 2.72. The van der Waals surface area contributed by atoms with Crippen LogP contribution in [-0.2, 0) is 0 Å². The number of thioether (sulfide) groups is 1. The van der Waals surface area contributed by atoms with Gasteiger partial charge in [-0.25, -0.2) is 0 Å². The van der Waals surface area contributed by atoms with E-state index >= 15 is 0 Å². The second-order valence-corrected chi connectivity index (χ2v) is 5.46. The highest BCUT2D eigenvalue weighted by atomic mass is 32.2. The number of hydrogen-bond acceptors (Lipinski definition) is 4. The van der Waals surface area contributed by atoms with Crippen LogP contribution in [0.25, 0.3) is 0 Å². The Hall–Kier alpha value is -1.10. The van der Waals surface area contributed by atoms with Crippen molar-refractivity contribution >= 4 is 17.7 Å². The number of nitrogens with zero attached hydrogens (tertiary/aromatic N) is 2. The molecule has 1 aromatic heterocycles. The number of carbonyl (C=O) groups excluding carboxylic acids is 1. The fraction of sp³-hybridized carbons (Fsp3) is 0.545. The Morgan fingerprint density at radius 2 is 2.25 bits per heavy atom. The Bertz CT molecular complexity index is 363. The molecule has 5 heteroatoms. The molecule has 0 spiro atoms. The lowest BCUT2D eigenvalue weighted by atomic mass is 9.94. The molecule has 0 bridgehead atoms. The molecule has 1 fully saturated rings. The van der Waals surface area contributed by atoms with Crippen LogP contribution in [-0.4, -0.2) is 33.1 Å². The van der Waals surface area contributed by atoms with Crippen molar-refractivity contribution in [3.05, 3.63) is 24.0 Å². The van der Waals surface area contributed by atoms with E-state index in [1.54, 1.807) is 18.3 Å². The van der Waals surface area contributed by atoms with Crippen molar-refractivity contribution in [1.82, 2.24) is 15.5 Å². The molecule has 4 nitrogen and oxygen atoms in total. The van der Waals surface area contributed by atoms with Crippen LogP contribution in [0.4, 0.5) is 0 Å². The predicted molar refractivity (Wildman–Crippen MR) is 64.5 cm³/mol. The fourth-order valence-electron chi connectivity index (χ4n) is 1.71.